The third kappa shape index (κ3) is 6.80. The van der Waals surface area contributed by atoms with Crippen molar-refractivity contribution in [2.45, 2.75) is 46.5 Å². The average molecular weight is 327 g/mol. The van der Waals surface area contributed by atoms with Gasteiger partial charge in [0, 0.05) is 12.5 Å². The van der Waals surface area contributed by atoms with Gasteiger partial charge in [-0.25, -0.2) is 0 Å². The van der Waals surface area contributed by atoms with Gasteiger partial charge in [0.25, 0.3) is 0 Å². The first-order chi connectivity index (χ1) is 10.4. The molecular formula is C18H27ClO3. The fourth-order valence-corrected chi connectivity index (χ4v) is 2.06. The van der Waals surface area contributed by atoms with E-state index in [-0.39, 0.29) is 18.3 Å². The van der Waals surface area contributed by atoms with Crippen molar-refractivity contribution in [2.24, 2.45) is 5.92 Å². The molecule has 0 aliphatic carbocycles. The minimum Gasteiger partial charge on any atom is -0.492 e. The number of carbonyl (C=O) groups excluding carboxylic acids is 1. The van der Waals surface area contributed by atoms with E-state index in [1.165, 1.54) is 5.56 Å². The highest BCUT2D eigenvalue weighted by atomic mass is 35.5. The second-order valence-electron chi connectivity index (χ2n) is 6.07. The first kappa shape index (κ1) is 19.0. The van der Waals surface area contributed by atoms with E-state index in [0.29, 0.717) is 24.2 Å². The van der Waals surface area contributed by atoms with Gasteiger partial charge in [0.2, 0.25) is 0 Å². The summed E-state index contributed by atoms with van der Waals surface area (Å²) >= 11 is 6.21. The van der Waals surface area contributed by atoms with Gasteiger partial charge < -0.3 is 9.47 Å². The SMILES string of the molecule is CC(C)C(=O)COCCCCOc1ccc(C(C)C)cc1Cl. The van der Waals surface area contributed by atoms with Crippen LogP contribution in [-0.2, 0) is 9.53 Å². The van der Waals surface area contributed by atoms with Crippen LogP contribution in [0.15, 0.2) is 18.2 Å². The monoisotopic (exact) mass is 326 g/mol. The standard InChI is InChI=1S/C18H27ClO3/c1-13(2)15-7-8-18(16(19)11-15)22-10-6-5-9-21-12-17(20)14(3)4/h7-8,11,13-14H,5-6,9-10,12H2,1-4H3. The van der Waals surface area contributed by atoms with Gasteiger partial charge in [0.05, 0.1) is 11.6 Å². The number of Topliss-reactive ketones (excluding diaryl/α,β-unsaturated/α-hetero) is 1. The summed E-state index contributed by atoms with van der Waals surface area (Å²) in [6.45, 7) is 9.43. The summed E-state index contributed by atoms with van der Waals surface area (Å²) in [5.41, 5.74) is 1.21. The number of halogens is 1. The van der Waals surface area contributed by atoms with E-state index in [9.17, 15) is 4.79 Å². The molecule has 0 unspecified atom stereocenters. The summed E-state index contributed by atoms with van der Waals surface area (Å²) in [7, 11) is 0. The molecule has 0 amide bonds. The Morgan fingerprint density at radius 2 is 1.82 bits per heavy atom. The van der Waals surface area contributed by atoms with E-state index in [2.05, 4.69) is 13.8 Å². The van der Waals surface area contributed by atoms with Crippen molar-refractivity contribution in [2.75, 3.05) is 19.8 Å². The average Bonchev–Trinajstić information content (AvgIpc) is 2.46. The molecule has 4 heteroatoms. The third-order valence-corrected chi connectivity index (χ3v) is 3.75. The number of rotatable bonds is 10. The second-order valence-corrected chi connectivity index (χ2v) is 6.48. The van der Waals surface area contributed by atoms with Crippen molar-refractivity contribution in [3.63, 3.8) is 0 Å². The van der Waals surface area contributed by atoms with Crippen LogP contribution in [0, 0.1) is 5.92 Å². The number of hydrogen-bond acceptors (Lipinski definition) is 3. The van der Waals surface area contributed by atoms with Crippen LogP contribution in [0.5, 0.6) is 5.75 Å². The Morgan fingerprint density at radius 3 is 2.41 bits per heavy atom. The normalized spacial score (nSPS) is 11.2. The predicted molar refractivity (Wildman–Crippen MR) is 90.9 cm³/mol. The van der Waals surface area contributed by atoms with E-state index < -0.39 is 0 Å². The van der Waals surface area contributed by atoms with Crippen molar-refractivity contribution < 1.29 is 14.3 Å². The molecule has 0 bridgehead atoms. The van der Waals surface area contributed by atoms with Crippen LogP contribution in [-0.4, -0.2) is 25.6 Å². The molecule has 0 saturated heterocycles. The summed E-state index contributed by atoms with van der Waals surface area (Å²) in [6, 6.07) is 5.93. The molecule has 1 aromatic carbocycles. The van der Waals surface area contributed by atoms with Crippen LogP contribution in [0.1, 0.15) is 52.0 Å². The van der Waals surface area contributed by atoms with Crippen LogP contribution < -0.4 is 4.74 Å². The summed E-state index contributed by atoms with van der Waals surface area (Å²) in [6.07, 6.45) is 1.74. The zero-order chi connectivity index (χ0) is 16.5. The van der Waals surface area contributed by atoms with Gasteiger partial charge in [-0.2, -0.15) is 0 Å². The van der Waals surface area contributed by atoms with Crippen LogP contribution in [0.4, 0.5) is 0 Å². The number of ether oxygens (including phenoxy) is 2. The van der Waals surface area contributed by atoms with Gasteiger partial charge in [-0.1, -0.05) is 45.4 Å². The Hall–Kier alpha value is -1.06. The number of benzene rings is 1. The number of ketones is 1. The van der Waals surface area contributed by atoms with Gasteiger partial charge >= 0.3 is 0 Å². The van der Waals surface area contributed by atoms with Gasteiger partial charge in [0.15, 0.2) is 5.78 Å². The van der Waals surface area contributed by atoms with E-state index in [1.807, 2.05) is 32.0 Å². The quantitative estimate of drug-likeness (QED) is 0.576. The first-order valence-corrected chi connectivity index (χ1v) is 8.32. The first-order valence-electron chi connectivity index (χ1n) is 7.94. The smallest absolute Gasteiger partial charge is 0.160 e. The highest BCUT2D eigenvalue weighted by Crippen LogP contribution is 2.28. The van der Waals surface area contributed by atoms with E-state index in [1.54, 1.807) is 0 Å². The van der Waals surface area contributed by atoms with Crippen LogP contribution in [0.25, 0.3) is 0 Å². The van der Waals surface area contributed by atoms with Crippen molar-refractivity contribution in [1.82, 2.24) is 0 Å². The van der Waals surface area contributed by atoms with Gasteiger partial charge in [-0.05, 0) is 36.5 Å². The number of carbonyl (C=O) groups is 1. The molecule has 124 valence electrons. The largest absolute Gasteiger partial charge is 0.492 e. The Labute approximate surface area is 139 Å². The van der Waals surface area contributed by atoms with E-state index >= 15 is 0 Å². The molecule has 0 aromatic heterocycles. The highest BCUT2D eigenvalue weighted by Gasteiger charge is 2.07. The molecule has 3 nitrogen and oxygen atoms in total. The molecule has 0 fully saturated rings. The second kappa shape index (κ2) is 9.86. The number of unbranched alkanes of at least 4 members (excludes halogenated alkanes) is 1. The molecule has 0 radical (unpaired) electrons. The third-order valence-electron chi connectivity index (χ3n) is 3.45. The Morgan fingerprint density at radius 1 is 1.14 bits per heavy atom. The zero-order valence-corrected chi connectivity index (χ0v) is 14.8. The van der Waals surface area contributed by atoms with E-state index in [0.717, 1.165) is 18.6 Å². The lowest BCUT2D eigenvalue weighted by molar-refractivity contribution is -0.126. The minimum absolute atomic E-state index is 0.0410. The van der Waals surface area contributed by atoms with Gasteiger partial charge in [0.1, 0.15) is 12.4 Å². The van der Waals surface area contributed by atoms with Crippen molar-refractivity contribution in [3.8, 4) is 5.75 Å². The molecule has 0 N–H and O–H groups in total. The Balaban J connectivity index is 2.18. The molecule has 0 saturated carbocycles. The lowest BCUT2D eigenvalue weighted by Crippen LogP contribution is -2.15. The predicted octanol–water partition coefficient (Wildman–Crippen LogP) is 4.86. The fourth-order valence-electron chi connectivity index (χ4n) is 1.82. The van der Waals surface area contributed by atoms with Gasteiger partial charge in [-0.15, -0.1) is 0 Å². The molecule has 0 spiro atoms. The fraction of sp³-hybridized carbons (Fsp3) is 0.611. The van der Waals surface area contributed by atoms with Crippen molar-refractivity contribution >= 4 is 17.4 Å². The topological polar surface area (TPSA) is 35.5 Å². The lowest BCUT2D eigenvalue weighted by atomic mass is 10.0. The Kier molecular flexibility index (Phi) is 8.51. The zero-order valence-electron chi connectivity index (χ0n) is 14.0. The highest BCUT2D eigenvalue weighted by molar-refractivity contribution is 6.32. The molecule has 22 heavy (non-hydrogen) atoms. The maximum Gasteiger partial charge on any atom is 0.160 e. The van der Waals surface area contributed by atoms with Crippen LogP contribution >= 0.6 is 11.6 Å². The molecule has 0 atom stereocenters. The van der Waals surface area contributed by atoms with E-state index in [4.69, 9.17) is 21.1 Å². The minimum atomic E-state index is 0.0410. The van der Waals surface area contributed by atoms with Crippen molar-refractivity contribution in [1.29, 1.82) is 0 Å². The molecule has 0 aliphatic rings. The molecule has 1 rings (SSSR count). The molecule has 0 aliphatic heterocycles. The Bertz CT molecular complexity index is 469. The summed E-state index contributed by atoms with van der Waals surface area (Å²) < 4.78 is 11.0. The molecule has 1 aromatic rings. The summed E-state index contributed by atoms with van der Waals surface area (Å²) in [5.74, 6) is 1.37. The lowest BCUT2D eigenvalue weighted by Gasteiger charge is -2.11. The molecular weight excluding hydrogens is 300 g/mol. The van der Waals surface area contributed by atoms with Gasteiger partial charge in [-0.3, -0.25) is 4.79 Å². The van der Waals surface area contributed by atoms with Crippen molar-refractivity contribution in [3.05, 3.63) is 28.8 Å². The maximum atomic E-state index is 11.4. The number of hydrogen-bond donors (Lipinski definition) is 0. The summed E-state index contributed by atoms with van der Waals surface area (Å²) in [5, 5.41) is 0.657. The maximum absolute atomic E-state index is 11.4. The van der Waals surface area contributed by atoms with Crippen LogP contribution in [0.3, 0.4) is 0 Å². The molecule has 0 heterocycles. The van der Waals surface area contributed by atoms with Crippen LogP contribution in [0.2, 0.25) is 5.02 Å². The summed E-state index contributed by atoms with van der Waals surface area (Å²) in [4.78, 5) is 11.4.